The smallest absolute Gasteiger partial charge is 0.0324 e. The summed E-state index contributed by atoms with van der Waals surface area (Å²) in [4.78, 5) is 0. The van der Waals surface area contributed by atoms with E-state index in [-0.39, 0.29) is 5.41 Å². The van der Waals surface area contributed by atoms with E-state index in [0.717, 1.165) is 11.1 Å². The summed E-state index contributed by atoms with van der Waals surface area (Å²) >= 11 is 0. The molecule has 0 heteroatoms. The lowest BCUT2D eigenvalue weighted by Gasteiger charge is -2.07. The monoisotopic (exact) mass is 312 g/mol. The Labute approximate surface area is 145 Å². The molecule has 0 unspecified atom stereocenters. The van der Waals surface area contributed by atoms with Gasteiger partial charge in [0.25, 0.3) is 0 Å². The van der Waals surface area contributed by atoms with Crippen LogP contribution in [0.15, 0.2) is 66.4 Å². The lowest BCUT2D eigenvalue weighted by molar-refractivity contribution is 0.571. The quantitative estimate of drug-likeness (QED) is 0.477. The van der Waals surface area contributed by atoms with Crippen molar-refractivity contribution >= 4 is 6.08 Å². The van der Waals surface area contributed by atoms with Gasteiger partial charge in [-0.15, -0.1) is 5.73 Å². The summed E-state index contributed by atoms with van der Waals surface area (Å²) < 4.78 is 0. The molecule has 24 heavy (non-hydrogen) atoms. The third-order valence-electron chi connectivity index (χ3n) is 4.15. The van der Waals surface area contributed by atoms with E-state index in [9.17, 15) is 0 Å². The molecule has 1 aliphatic rings. The summed E-state index contributed by atoms with van der Waals surface area (Å²) in [7, 11) is 0. The molecule has 1 aliphatic carbocycles. The lowest BCUT2D eigenvalue weighted by Crippen LogP contribution is -1.99. The topological polar surface area (TPSA) is 0 Å². The first-order valence-electron chi connectivity index (χ1n) is 8.63. The van der Waals surface area contributed by atoms with Crippen molar-refractivity contribution in [2.75, 3.05) is 0 Å². The van der Waals surface area contributed by atoms with Gasteiger partial charge in [-0.3, -0.25) is 0 Å². The third kappa shape index (κ3) is 4.51. The lowest BCUT2D eigenvalue weighted by atomic mass is 9.96. The standard InChI is InChI=1S/C24H24/c1-24(2,3)17-16-20-11-8-7-10-19(20)14-9-15-22-18-23(22)21-12-5-4-6-13-21/h4-8,10-15,22-23H,18H2,1-3H3/t9?,22-,23+/m1/s1. The summed E-state index contributed by atoms with van der Waals surface area (Å²) in [6.07, 6.45) is 5.51. The van der Waals surface area contributed by atoms with Crippen molar-refractivity contribution in [3.8, 4) is 11.8 Å². The summed E-state index contributed by atoms with van der Waals surface area (Å²) in [5.41, 5.74) is 7.06. The van der Waals surface area contributed by atoms with E-state index in [1.807, 2.05) is 6.07 Å². The Morgan fingerprint density at radius 2 is 1.67 bits per heavy atom. The SMILES string of the molecule is CC(C)(C)C#Cc1ccccc1C=C=C[C@@H]1C[C@H]1c1ccccc1. The fourth-order valence-electron chi connectivity index (χ4n) is 2.74. The number of benzene rings is 2. The molecular formula is C24H24. The van der Waals surface area contributed by atoms with Crippen molar-refractivity contribution in [3.63, 3.8) is 0 Å². The number of allylic oxidation sites excluding steroid dienone is 1. The number of rotatable bonds is 3. The van der Waals surface area contributed by atoms with E-state index < -0.39 is 0 Å². The van der Waals surface area contributed by atoms with Crippen molar-refractivity contribution < 1.29 is 0 Å². The Bertz CT molecular complexity index is 816. The molecule has 2 atom stereocenters. The van der Waals surface area contributed by atoms with Gasteiger partial charge >= 0.3 is 0 Å². The van der Waals surface area contributed by atoms with Crippen LogP contribution in [0.4, 0.5) is 0 Å². The minimum atomic E-state index is 0.0174. The average molecular weight is 312 g/mol. The molecule has 0 heterocycles. The molecule has 0 N–H and O–H groups in total. The molecule has 0 radical (unpaired) electrons. The molecule has 0 aromatic heterocycles. The van der Waals surface area contributed by atoms with Crippen molar-refractivity contribution in [2.24, 2.45) is 11.3 Å². The second kappa shape index (κ2) is 6.96. The fourth-order valence-corrected chi connectivity index (χ4v) is 2.74. The first kappa shape index (κ1) is 16.4. The predicted octanol–water partition coefficient (Wildman–Crippen LogP) is 6.06. The van der Waals surface area contributed by atoms with Crippen LogP contribution in [-0.2, 0) is 0 Å². The Balaban J connectivity index is 1.73. The van der Waals surface area contributed by atoms with E-state index in [0.29, 0.717) is 11.8 Å². The Hall–Kier alpha value is -2.48. The molecule has 0 nitrogen and oxygen atoms in total. The zero-order chi connectivity index (χ0) is 17.0. The molecule has 2 aromatic carbocycles. The Morgan fingerprint density at radius 1 is 0.958 bits per heavy atom. The van der Waals surface area contributed by atoms with Crippen molar-refractivity contribution in [1.29, 1.82) is 0 Å². The minimum absolute atomic E-state index is 0.0174. The van der Waals surface area contributed by atoms with E-state index in [1.54, 1.807) is 0 Å². The highest BCUT2D eigenvalue weighted by Gasteiger charge is 2.35. The van der Waals surface area contributed by atoms with E-state index in [2.05, 4.69) is 99.0 Å². The van der Waals surface area contributed by atoms with Crippen LogP contribution in [-0.4, -0.2) is 0 Å². The molecule has 0 saturated heterocycles. The van der Waals surface area contributed by atoms with Gasteiger partial charge in [-0.2, -0.15) is 0 Å². The molecule has 1 saturated carbocycles. The molecule has 0 aliphatic heterocycles. The highest BCUT2D eigenvalue weighted by Crippen LogP contribution is 2.48. The summed E-state index contributed by atoms with van der Waals surface area (Å²) in [5.74, 6) is 7.91. The van der Waals surface area contributed by atoms with Crippen LogP contribution in [0.25, 0.3) is 6.08 Å². The molecular weight excluding hydrogens is 288 g/mol. The zero-order valence-corrected chi connectivity index (χ0v) is 14.7. The molecule has 0 amide bonds. The van der Waals surface area contributed by atoms with Gasteiger partial charge in [-0.05, 0) is 68.4 Å². The van der Waals surface area contributed by atoms with E-state index >= 15 is 0 Å². The molecule has 2 aromatic rings. The number of hydrogen-bond acceptors (Lipinski definition) is 0. The van der Waals surface area contributed by atoms with Gasteiger partial charge < -0.3 is 0 Å². The van der Waals surface area contributed by atoms with Crippen LogP contribution in [0.3, 0.4) is 0 Å². The van der Waals surface area contributed by atoms with Gasteiger partial charge in [0.2, 0.25) is 0 Å². The normalized spacial score (nSPS) is 18.8. The predicted molar refractivity (Wildman–Crippen MR) is 103 cm³/mol. The first-order chi connectivity index (χ1) is 11.5. The van der Waals surface area contributed by atoms with Gasteiger partial charge in [0.05, 0.1) is 0 Å². The van der Waals surface area contributed by atoms with Crippen LogP contribution in [0.5, 0.6) is 0 Å². The van der Waals surface area contributed by atoms with Gasteiger partial charge in [0.15, 0.2) is 0 Å². The van der Waals surface area contributed by atoms with Crippen LogP contribution >= 0.6 is 0 Å². The fraction of sp³-hybridized carbons (Fsp3) is 0.292. The third-order valence-corrected chi connectivity index (χ3v) is 4.15. The average Bonchev–Trinajstić information content (AvgIpc) is 3.34. The molecule has 3 rings (SSSR count). The highest BCUT2D eigenvalue weighted by atomic mass is 14.4. The van der Waals surface area contributed by atoms with Crippen molar-refractivity contribution in [1.82, 2.24) is 0 Å². The number of hydrogen-bond donors (Lipinski definition) is 0. The maximum absolute atomic E-state index is 3.38. The van der Waals surface area contributed by atoms with Gasteiger partial charge in [-0.1, -0.05) is 60.4 Å². The summed E-state index contributed by atoms with van der Waals surface area (Å²) in [5, 5.41) is 0. The Kier molecular flexibility index (Phi) is 4.75. The van der Waals surface area contributed by atoms with Gasteiger partial charge in [0, 0.05) is 11.0 Å². The highest BCUT2D eigenvalue weighted by molar-refractivity contribution is 5.59. The second-order valence-electron chi connectivity index (χ2n) is 7.48. The zero-order valence-electron chi connectivity index (χ0n) is 14.7. The maximum atomic E-state index is 3.38. The minimum Gasteiger partial charge on any atom is -0.124 e. The van der Waals surface area contributed by atoms with Crippen LogP contribution < -0.4 is 0 Å². The van der Waals surface area contributed by atoms with Crippen LogP contribution in [0, 0.1) is 23.2 Å². The molecule has 1 fully saturated rings. The van der Waals surface area contributed by atoms with Crippen LogP contribution in [0.1, 0.15) is 49.8 Å². The Morgan fingerprint density at radius 3 is 2.42 bits per heavy atom. The molecule has 0 bridgehead atoms. The first-order valence-corrected chi connectivity index (χ1v) is 8.63. The maximum Gasteiger partial charge on any atom is 0.0324 e. The molecule has 120 valence electrons. The van der Waals surface area contributed by atoms with E-state index in [1.165, 1.54) is 12.0 Å². The summed E-state index contributed by atoms with van der Waals surface area (Å²) in [6, 6.07) is 19.0. The van der Waals surface area contributed by atoms with Crippen molar-refractivity contribution in [2.45, 2.75) is 33.1 Å². The van der Waals surface area contributed by atoms with Gasteiger partial charge in [0.1, 0.15) is 0 Å². The molecule has 0 spiro atoms. The van der Waals surface area contributed by atoms with Gasteiger partial charge in [-0.25, -0.2) is 0 Å². The largest absolute Gasteiger partial charge is 0.124 e. The second-order valence-corrected chi connectivity index (χ2v) is 7.48. The summed E-state index contributed by atoms with van der Waals surface area (Å²) in [6.45, 7) is 6.40. The van der Waals surface area contributed by atoms with E-state index in [4.69, 9.17) is 0 Å². The van der Waals surface area contributed by atoms with Crippen molar-refractivity contribution in [3.05, 3.63) is 83.1 Å². The van der Waals surface area contributed by atoms with Crippen LogP contribution in [0.2, 0.25) is 0 Å².